The molecule has 0 radical (unpaired) electrons. The van der Waals surface area contributed by atoms with Gasteiger partial charge in [0, 0.05) is 31.5 Å². The van der Waals surface area contributed by atoms with E-state index in [-0.39, 0.29) is 36.4 Å². The Bertz CT molecular complexity index is 667. The maximum atomic E-state index is 12.1. The zero-order valence-corrected chi connectivity index (χ0v) is 18.8. The fraction of sp³-hybridized carbons (Fsp3) is 0.524. The second-order valence-electron chi connectivity index (χ2n) is 6.61. The quantitative estimate of drug-likeness (QED) is 0.169. The molecule has 2 rings (SSSR count). The Morgan fingerprint density at radius 1 is 1.29 bits per heavy atom. The summed E-state index contributed by atoms with van der Waals surface area (Å²) >= 11 is 0. The molecule has 0 aliphatic heterocycles. The summed E-state index contributed by atoms with van der Waals surface area (Å²) in [6.07, 6.45) is 13.0. The van der Waals surface area contributed by atoms with Crippen LogP contribution in [0.3, 0.4) is 0 Å². The molecular weight excluding hydrogens is 467 g/mol. The number of halogens is 1. The summed E-state index contributed by atoms with van der Waals surface area (Å²) < 4.78 is 5.90. The van der Waals surface area contributed by atoms with Gasteiger partial charge in [0.2, 0.25) is 5.91 Å². The Morgan fingerprint density at radius 3 is 2.79 bits per heavy atom. The van der Waals surface area contributed by atoms with Crippen LogP contribution in [0.25, 0.3) is 0 Å². The molecule has 0 bridgehead atoms. The lowest BCUT2D eigenvalue weighted by molar-refractivity contribution is -0.115. The number of nitrogens with one attached hydrogen (secondary N) is 3. The number of rotatable bonds is 8. The minimum absolute atomic E-state index is 0. The molecule has 1 amide bonds. The second kappa shape index (κ2) is 14.2. The van der Waals surface area contributed by atoms with Gasteiger partial charge >= 0.3 is 0 Å². The number of guanidine groups is 1. The van der Waals surface area contributed by atoms with E-state index in [1.54, 1.807) is 19.2 Å². The summed E-state index contributed by atoms with van der Waals surface area (Å²) in [7, 11) is 1.68. The SMILES string of the molecule is C#Cc1cccc(NC(=O)CNC(=NC)NCCCOC2CCCCC2)c1.I. The molecule has 0 spiro atoms. The van der Waals surface area contributed by atoms with Crippen molar-refractivity contribution in [1.82, 2.24) is 10.6 Å². The van der Waals surface area contributed by atoms with Gasteiger partial charge < -0.3 is 20.7 Å². The number of carbonyl (C=O) groups excluding carboxylic acids is 1. The first-order valence-electron chi connectivity index (χ1n) is 9.64. The standard InChI is InChI=1S/C21H30N4O2.HI/c1-3-17-9-7-10-18(15-17)25-20(26)16-24-21(22-2)23-13-8-14-27-19-11-5-4-6-12-19;/h1,7,9-10,15,19H,4-6,8,11-14,16H2,2H3,(H,25,26)(H2,22,23,24);1H. The van der Waals surface area contributed by atoms with E-state index in [9.17, 15) is 4.79 Å². The molecule has 1 saturated carbocycles. The summed E-state index contributed by atoms with van der Waals surface area (Å²) in [6, 6.07) is 7.20. The van der Waals surface area contributed by atoms with Crippen molar-refractivity contribution in [2.75, 3.05) is 32.1 Å². The zero-order valence-electron chi connectivity index (χ0n) is 16.5. The van der Waals surface area contributed by atoms with Gasteiger partial charge in [0.05, 0.1) is 12.6 Å². The van der Waals surface area contributed by atoms with Gasteiger partial charge in [-0.2, -0.15) is 0 Å². The first-order valence-corrected chi connectivity index (χ1v) is 9.64. The molecule has 28 heavy (non-hydrogen) atoms. The number of anilines is 1. The number of hydrogen-bond donors (Lipinski definition) is 3. The van der Waals surface area contributed by atoms with Crippen molar-refractivity contribution in [2.24, 2.45) is 4.99 Å². The molecule has 0 aromatic heterocycles. The average molecular weight is 498 g/mol. The average Bonchev–Trinajstić information content (AvgIpc) is 2.71. The number of carbonyl (C=O) groups is 1. The van der Waals surface area contributed by atoms with Crippen molar-refractivity contribution < 1.29 is 9.53 Å². The highest BCUT2D eigenvalue weighted by molar-refractivity contribution is 14.0. The predicted molar refractivity (Wildman–Crippen MR) is 125 cm³/mol. The third-order valence-corrected chi connectivity index (χ3v) is 4.47. The van der Waals surface area contributed by atoms with Crippen LogP contribution in [-0.2, 0) is 9.53 Å². The van der Waals surface area contributed by atoms with Crippen molar-refractivity contribution in [1.29, 1.82) is 0 Å². The first-order chi connectivity index (χ1) is 13.2. The van der Waals surface area contributed by atoms with Crippen molar-refractivity contribution in [3.63, 3.8) is 0 Å². The summed E-state index contributed by atoms with van der Waals surface area (Å²) in [5.74, 6) is 2.99. The second-order valence-corrected chi connectivity index (χ2v) is 6.61. The summed E-state index contributed by atoms with van der Waals surface area (Å²) in [5.41, 5.74) is 1.41. The molecule has 6 nitrogen and oxygen atoms in total. The van der Waals surface area contributed by atoms with E-state index < -0.39 is 0 Å². The fourth-order valence-electron chi connectivity index (χ4n) is 3.04. The maximum Gasteiger partial charge on any atom is 0.243 e. The molecule has 0 unspecified atom stereocenters. The van der Waals surface area contributed by atoms with E-state index in [1.807, 2.05) is 12.1 Å². The Balaban J connectivity index is 0.00000392. The Labute approximate surface area is 185 Å². The molecular formula is C21H31IN4O2. The van der Waals surface area contributed by atoms with Gasteiger partial charge in [-0.3, -0.25) is 9.79 Å². The van der Waals surface area contributed by atoms with Crippen LogP contribution in [0, 0.1) is 12.3 Å². The van der Waals surface area contributed by atoms with Crippen LogP contribution in [0.1, 0.15) is 44.1 Å². The van der Waals surface area contributed by atoms with E-state index in [2.05, 4.69) is 26.9 Å². The normalized spacial score (nSPS) is 14.5. The summed E-state index contributed by atoms with van der Waals surface area (Å²) in [5, 5.41) is 9.01. The molecule has 1 aromatic carbocycles. The van der Waals surface area contributed by atoms with Gasteiger partial charge in [0.15, 0.2) is 5.96 Å². The highest BCUT2D eigenvalue weighted by atomic mass is 127. The lowest BCUT2D eigenvalue weighted by Gasteiger charge is -2.22. The van der Waals surface area contributed by atoms with Crippen molar-refractivity contribution in [3.8, 4) is 12.3 Å². The van der Waals surface area contributed by atoms with Crippen molar-refractivity contribution >= 4 is 41.5 Å². The van der Waals surface area contributed by atoms with Gasteiger partial charge in [-0.1, -0.05) is 31.2 Å². The molecule has 1 aromatic rings. The molecule has 0 heterocycles. The van der Waals surface area contributed by atoms with Gasteiger partial charge in [0.1, 0.15) is 0 Å². The van der Waals surface area contributed by atoms with E-state index in [0.717, 1.165) is 25.1 Å². The van der Waals surface area contributed by atoms with Crippen molar-refractivity contribution in [3.05, 3.63) is 29.8 Å². The van der Waals surface area contributed by atoms with Crippen LogP contribution < -0.4 is 16.0 Å². The predicted octanol–water partition coefficient (Wildman–Crippen LogP) is 3.13. The Hall–Kier alpha value is -1.79. The van der Waals surface area contributed by atoms with Crippen LogP contribution in [0.2, 0.25) is 0 Å². The minimum atomic E-state index is -0.159. The van der Waals surface area contributed by atoms with Crippen LogP contribution >= 0.6 is 24.0 Å². The van der Waals surface area contributed by atoms with E-state index in [4.69, 9.17) is 11.2 Å². The third kappa shape index (κ3) is 9.42. The minimum Gasteiger partial charge on any atom is -0.378 e. The number of amides is 1. The topological polar surface area (TPSA) is 74.8 Å². The lowest BCUT2D eigenvalue weighted by Crippen LogP contribution is -2.41. The molecule has 0 atom stereocenters. The highest BCUT2D eigenvalue weighted by Crippen LogP contribution is 2.20. The lowest BCUT2D eigenvalue weighted by atomic mass is 9.98. The van der Waals surface area contributed by atoms with E-state index in [1.165, 1.54) is 32.1 Å². The summed E-state index contributed by atoms with van der Waals surface area (Å²) in [6.45, 7) is 1.62. The molecule has 0 saturated heterocycles. The Morgan fingerprint density at radius 2 is 2.07 bits per heavy atom. The molecule has 154 valence electrons. The van der Waals surface area contributed by atoms with Gasteiger partial charge in [-0.15, -0.1) is 30.4 Å². The number of nitrogens with zero attached hydrogens (tertiary/aromatic N) is 1. The Kier molecular flexibility index (Phi) is 12.3. The smallest absolute Gasteiger partial charge is 0.243 e. The fourth-order valence-corrected chi connectivity index (χ4v) is 3.04. The number of ether oxygens (including phenoxy) is 1. The van der Waals surface area contributed by atoms with Gasteiger partial charge in [-0.05, 0) is 37.5 Å². The number of aliphatic imine (C=N–C) groups is 1. The van der Waals surface area contributed by atoms with Crippen LogP contribution in [0.4, 0.5) is 5.69 Å². The van der Waals surface area contributed by atoms with Gasteiger partial charge in [0.25, 0.3) is 0 Å². The third-order valence-electron chi connectivity index (χ3n) is 4.47. The first kappa shape index (κ1) is 24.2. The van der Waals surface area contributed by atoms with Crippen LogP contribution in [-0.4, -0.2) is 44.7 Å². The monoisotopic (exact) mass is 498 g/mol. The number of benzene rings is 1. The number of hydrogen-bond acceptors (Lipinski definition) is 3. The largest absolute Gasteiger partial charge is 0.378 e. The molecule has 1 aliphatic rings. The molecule has 3 N–H and O–H groups in total. The highest BCUT2D eigenvalue weighted by Gasteiger charge is 2.13. The molecule has 1 fully saturated rings. The van der Waals surface area contributed by atoms with Crippen LogP contribution in [0.15, 0.2) is 29.3 Å². The molecule has 7 heteroatoms. The maximum absolute atomic E-state index is 12.1. The molecule has 1 aliphatic carbocycles. The summed E-state index contributed by atoms with van der Waals surface area (Å²) in [4.78, 5) is 16.2. The van der Waals surface area contributed by atoms with E-state index in [0.29, 0.717) is 17.8 Å². The van der Waals surface area contributed by atoms with Gasteiger partial charge in [-0.25, -0.2) is 0 Å². The zero-order chi connectivity index (χ0) is 19.3. The van der Waals surface area contributed by atoms with Crippen LogP contribution in [0.5, 0.6) is 0 Å². The number of terminal acetylenes is 1. The van der Waals surface area contributed by atoms with Crippen molar-refractivity contribution in [2.45, 2.75) is 44.6 Å². The van der Waals surface area contributed by atoms with E-state index >= 15 is 0 Å².